The predicted octanol–water partition coefficient (Wildman–Crippen LogP) is 20.6. The average Bonchev–Trinajstić information content (AvgIpc) is 3.41. The standard InChI is InChI=1S/C69H131NO8/c1-6-8-10-12-14-16-18-20-22-24-26-28-30-31-32-33-34-35-36-37-38-40-42-44-46-48-50-52-54-56-58-60-67(72)78-65(64-77-69(68(73)74)75-62-61-70(3,4)5)63-76-66(71)59-57-55-53-51-49-47-45-43-41-39-29-27-25-23-21-19-17-15-13-11-9-7-2/h18,20,24,26,65,69H,6-17,19,21-23,25,27-64H2,1-5H3/p+1/b20-18-,26-24-. The van der Waals surface area contributed by atoms with Gasteiger partial charge in [0, 0.05) is 12.8 Å². The highest BCUT2D eigenvalue weighted by atomic mass is 16.7. The number of esters is 2. The lowest BCUT2D eigenvalue weighted by molar-refractivity contribution is -0.870. The van der Waals surface area contributed by atoms with E-state index in [2.05, 4.69) is 38.2 Å². The number of quaternary nitrogens is 1. The topological polar surface area (TPSA) is 108 Å². The molecular weight excluding hydrogens is 971 g/mol. The van der Waals surface area contributed by atoms with Crippen molar-refractivity contribution in [3.63, 3.8) is 0 Å². The molecule has 0 aromatic heterocycles. The molecule has 78 heavy (non-hydrogen) atoms. The van der Waals surface area contributed by atoms with E-state index >= 15 is 0 Å². The Bertz CT molecular complexity index is 1330. The maximum atomic E-state index is 12.9. The Morgan fingerprint density at radius 3 is 1.01 bits per heavy atom. The van der Waals surface area contributed by atoms with Crippen LogP contribution in [-0.2, 0) is 33.3 Å². The summed E-state index contributed by atoms with van der Waals surface area (Å²) in [7, 11) is 5.99. The highest BCUT2D eigenvalue weighted by Crippen LogP contribution is 2.19. The lowest BCUT2D eigenvalue weighted by atomic mass is 10.0. The van der Waals surface area contributed by atoms with E-state index in [9.17, 15) is 19.5 Å². The molecular formula is C69H132NO8+. The summed E-state index contributed by atoms with van der Waals surface area (Å²) in [6.45, 7) is 4.94. The Kier molecular flexibility index (Phi) is 59.1. The average molecular weight is 1100 g/mol. The molecule has 0 fully saturated rings. The molecule has 1 N–H and O–H groups in total. The van der Waals surface area contributed by atoms with Crippen molar-refractivity contribution in [3.8, 4) is 0 Å². The first-order valence-electron chi connectivity index (χ1n) is 34.0. The third-order valence-electron chi connectivity index (χ3n) is 15.5. The molecule has 0 bridgehead atoms. The molecule has 9 nitrogen and oxygen atoms in total. The second-order valence-electron chi connectivity index (χ2n) is 24.5. The van der Waals surface area contributed by atoms with Crippen molar-refractivity contribution in [1.82, 2.24) is 0 Å². The first kappa shape index (κ1) is 75.8. The van der Waals surface area contributed by atoms with Crippen molar-refractivity contribution in [2.24, 2.45) is 0 Å². The smallest absolute Gasteiger partial charge is 0.361 e. The molecule has 0 spiro atoms. The van der Waals surface area contributed by atoms with Crippen molar-refractivity contribution in [3.05, 3.63) is 24.3 Å². The van der Waals surface area contributed by atoms with Crippen LogP contribution in [0.15, 0.2) is 24.3 Å². The lowest BCUT2D eigenvalue weighted by Crippen LogP contribution is -2.40. The summed E-state index contributed by atoms with van der Waals surface area (Å²) in [6.07, 6.45) is 71.4. The highest BCUT2D eigenvalue weighted by Gasteiger charge is 2.25. The van der Waals surface area contributed by atoms with Crippen LogP contribution < -0.4 is 0 Å². The van der Waals surface area contributed by atoms with Gasteiger partial charge in [0.15, 0.2) is 6.10 Å². The van der Waals surface area contributed by atoms with Gasteiger partial charge >= 0.3 is 17.9 Å². The van der Waals surface area contributed by atoms with E-state index in [1.54, 1.807) is 0 Å². The van der Waals surface area contributed by atoms with Crippen molar-refractivity contribution in [2.75, 3.05) is 47.5 Å². The van der Waals surface area contributed by atoms with Crippen LogP contribution >= 0.6 is 0 Å². The van der Waals surface area contributed by atoms with Gasteiger partial charge in [-0.1, -0.05) is 308 Å². The van der Waals surface area contributed by atoms with Gasteiger partial charge in [-0.15, -0.1) is 0 Å². The zero-order valence-electron chi connectivity index (χ0n) is 52.6. The summed E-state index contributed by atoms with van der Waals surface area (Å²) in [5, 5.41) is 9.73. The van der Waals surface area contributed by atoms with E-state index < -0.39 is 18.4 Å². The third-order valence-corrected chi connectivity index (χ3v) is 15.5. The molecule has 9 heteroatoms. The van der Waals surface area contributed by atoms with Crippen molar-refractivity contribution < 1.29 is 42.9 Å². The summed E-state index contributed by atoms with van der Waals surface area (Å²) in [5.41, 5.74) is 0. The van der Waals surface area contributed by atoms with Crippen molar-refractivity contribution >= 4 is 17.9 Å². The number of nitrogens with zero attached hydrogens (tertiary/aromatic N) is 1. The van der Waals surface area contributed by atoms with Crippen LogP contribution in [0.4, 0.5) is 0 Å². The molecule has 0 heterocycles. The molecule has 0 aliphatic heterocycles. The quantitative estimate of drug-likeness (QED) is 0.0211. The van der Waals surface area contributed by atoms with E-state index in [1.165, 1.54) is 270 Å². The number of carboxylic acids is 1. The molecule has 0 radical (unpaired) electrons. The van der Waals surface area contributed by atoms with E-state index in [1.807, 2.05) is 21.1 Å². The van der Waals surface area contributed by atoms with Crippen LogP contribution in [-0.4, -0.2) is 87.4 Å². The molecule has 0 aliphatic rings. The monoisotopic (exact) mass is 1100 g/mol. The first-order valence-corrected chi connectivity index (χ1v) is 34.0. The summed E-state index contributed by atoms with van der Waals surface area (Å²) < 4.78 is 23.0. The molecule has 0 aromatic carbocycles. The Morgan fingerprint density at radius 2 is 0.692 bits per heavy atom. The number of carbonyl (C=O) groups is 3. The van der Waals surface area contributed by atoms with Crippen molar-refractivity contribution in [1.29, 1.82) is 0 Å². The first-order chi connectivity index (χ1) is 38.1. The molecule has 0 saturated heterocycles. The summed E-state index contributed by atoms with van der Waals surface area (Å²) >= 11 is 0. The molecule has 0 aliphatic carbocycles. The Balaban J connectivity index is 4.07. The molecule has 0 aromatic rings. The van der Waals surface area contributed by atoms with E-state index in [-0.39, 0.29) is 38.2 Å². The summed E-state index contributed by atoms with van der Waals surface area (Å²) in [4.78, 5) is 37.6. The number of aliphatic carboxylic acids is 1. The second-order valence-corrected chi connectivity index (χ2v) is 24.5. The molecule has 2 unspecified atom stereocenters. The van der Waals surface area contributed by atoms with Gasteiger partial charge in [0.25, 0.3) is 6.29 Å². The summed E-state index contributed by atoms with van der Waals surface area (Å²) in [5.74, 6) is -1.97. The number of allylic oxidation sites excluding steroid dienone is 4. The van der Waals surface area contributed by atoms with Gasteiger partial charge in [0.05, 0.1) is 34.4 Å². The molecule has 0 amide bonds. The van der Waals surface area contributed by atoms with E-state index in [0.717, 1.165) is 44.9 Å². The highest BCUT2D eigenvalue weighted by molar-refractivity contribution is 5.71. The number of carbonyl (C=O) groups excluding carboxylic acids is 2. The number of likely N-dealkylation sites (N-methyl/N-ethyl adjacent to an activating group) is 1. The van der Waals surface area contributed by atoms with E-state index in [4.69, 9.17) is 18.9 Å². The zero-order chi connectivity index (χ0) is 56.9. The maximum Gasteiger partial charge on any atom is 0.361 e. The van der Waals surface area contributed by atoms with Crippen LogP contribution in [0.2, 0.25) is 0 Å². The van der Waals surface area contributed by atoms with Gasteiger partial charge in [-0.05, 0) is 44.9 Å². The van der Waals surface area contributed by atoms with Crippen LogP contribution in [0.25, 0.3) is 0 Å². The largest absolute Gasteiger partial charge is 0.477 e. The van der Waals surface area contributed by atoms with Crippen molar-refractivity contribution in [2.45, 2.75) is 354 Å². The Labute approximate surface area is 484 Å². The lowest BCUT2D eigenvalue weighted by Gasteiger charge is -2.25. The number of unbranched alkanes of at least 4 members (excludes halogenated alkanes) is 45. The van der Waals surface area contributed by atoms with Crippen LogP contribution in [0.1, 0.15) is 341 Å². The predicted molar refractivity (Wildman–Crippen MR) is 332 cm³/mol. The van der Waals surface area contributed by atoms with Gasteiger partial charge in [-0.25, -0.2) is 4.79 Å². The van der Waals surface area contributed by atoms with Gasteiger partial charge < -0.3 is 28.5 Å². The fourth-order valence-corrected chi connectivity index (χ4v) is 10.2. The number of carboxylic acid groups (broad SMARTS) is 1. The molecule has 0 saturated carbocycles. The number of ether oxygens (including phenoxy) is 4. The fraction of sp³-hybridized carbons (Fsp3) is 0.899. The molecule has 0 rings (SSSR count). The Hall–Kier alpha value is -2.23. The number of hydrogen-bond donors (Lipinski definition) is 1. The number of rotatable bonds is 64. The second kappa shape index (κ2) is 60.9. The minimum atomic E-state index is -1.51. The normalized spacial score (nSPS) is 12.8. The van der Waals surface area contributed by atoms with Crippen LogP contribution in [0, 0.1) is 0 Å². The minimum absolute atomic E-state index is 0.174. The van der Waals surface area contributed by atoms with Crippen LogP contribution in [0.5, 0.6) is 0 Å². The van der Waals surface area contributed by atoms with Crippen LogP contribution in [0.3, 0.4) is 0 Å². The molecule has 460 valence electrons. The third kappa shape index (κ3) is 61.4. The maximum absolute atomic E-state index is 12.9. The SMILES string of the molecule is CCCCCCC/C=C\C/C=C\CCCCCCCCCCCCCCCCCCCCCC(=O)OC(COC(=O)CCCCCCCCCCCCCCCCCCCCCCCC)COC(OCC[N+](C)(C)C)C(=O)O. The van der Waals surface area contributed by atoms with Gasteiger partial charge in [-0.3, -0.25) is 9.59 Å². The molecule has 2 atom stereocenters. The summed E-state index contributed by atoms with van der Waals surface area (Å²) in [6, 6.07) is 0. The van der Waals surface area contributed by atoms with E-state index in [0.29, 0.717) is 17.4 Å². The minimum Gasteiger partial charge on any atom is -0.477 e. The van der Waals surface area contributed by atoms with Gasteiger partial charge in [0.1, 0.15) is 13.2 Å². The zero-order valence-corrected chi connectivity index (χ0v) is 52.6. The van der Waals surface area contributed by atoms with Gasteiger partial charge in [-0.2, -0.15) is 0 Å². The van der Waals surface area contributed by atoms with Gasteiger partial charge in [0.2, 0.25) is 0 Å². The number of hydrogen-bond acceptors (Lipinski definition) is 7. The Morgan fingerprint density at radius 1 is 0.385 bits per heavy atom. The fourth-order valence-electron chi connectivity index (χ4n) is 10.2.